The first-order valence-electron chi connectivity index (χ1n) is 8.09. The van der Waals surface area contributed by atoms with Crippen molar-refractivity contribution in [3.63, 3.8) is 0 Å². The van der Waals surface area contributed by atoms with Crippen molar-refractivity contribution in [1.29, 1.82) is 0 Å². The van der Waals surface area contributed by atoms with Crippen molar-refractivity contribution in [3.8, 4) is 23.0 Å². The number of carbonyl (C=O) groups is 1. The molecular weight excluding hydrogens is 402 g/mol. The predicted molar refractivity (Wildman–Crippen MR) is 100 cm³/mol. The summed E-state index contributed by atoms with van der Waals surface area (Å²) in [4.78, 5) is 14.5. The van der Waals surface area contributed by atoms with Gasteiger partial charge in [0, 0.05) is 29.2 Å². The summed E-state index contributed by atoms with van der Waals surface area (Å²) in [6.45, 7) is 1.30. The van der Waals surface area contributed by atoms with E-state index in [1.165, 1.54) is 7.11 Å². The normalized spacial score (nSPS) is 12.5. The molecule has 0 atom stereocenters. The molecule has 3 rings (SSSR count). The zero-order chi connectivity index (χ0) is 18.7. The molecule has 0 bridgehead atoms. The minimum absolute atomic E-state index is 0.151. The molecule has 0 radical (unpaired) electrons. The van der Waals surface area contributed by atoms with Crippen molar-refractivity contribution in [2.45, 2.75) is 6.54 Å². The first-order valence-corrected chi connectivity index (χ1v) is 8.88. The van der Waals surface area contributed by atoms with E-state index in [9.17, 15) is 4.79 Å². The number of fused-ring (bicyclic) bond motifs is 1. The Bertz CT molecular complexity index is 807. The molecule has 138 valence electrons. The minimum atomic E-state index is -0.151. The van der Waals surface area contributed by atoms with Crippen LogP contribution in [0.2, 0.25) is 0 Å². The molecule has 26 heavy (non-hydrogen) atoms. The van der Waals surface area contributed by atoms with Crippen molar-refractivity contribution < 1.29 is 23.7 Å². The van der Waals surface area contributed by atoms with Crippen LogP contribution in [0.4, 0.5) is 0 Å². The van der Waals surface area contributed by atoms with E-state index in [4.69, 9.17) is 18.9 Å². The molecule has 0 spiro atoms. The Kier molecular flexibility index (Phi) is 5.56. The molecule has 0 aromatic heterocycles. The largest absolute Gasteiger partial charge is 0.496 e. The molecule has 0 fully saturated rings. The monoisotopic (exact) mass is 421 g/mol. The molecule has 1 aliphatic heterocycles. The summed E-state index contributed by atoms with van der Waals surface area (Å²) in [5, 5.41) is 0. The highest BCUT2D eigenvalue weighted by Gasteiger charge is 2.23. The second-order valence-corrected chi connectivity index (χ2v) is 6.74. The lowest BCUT2D eigenvalue weighted by molar-refractivity contribution is 0.0782. The standard InChI is InChI=1S/C19H20BrNO5/c1-21(11-13-8-14(20)4-5-15(13)23-2)19(22)12-9-16(24-3)18-17(10-12)25-6-7-26-18/h4-5,8-10H,6-7,11H2,1-3H3. The van der Waals surface area contributed by atoms with Crippen molar-refractivity contribution in [1.82, 2.24) is 4.90 Å². The van der Waals surface area contributed by atoms with Crippen LogP contribution in [0, 0.1) is 0 Å². The van der Waals surface area contributed by atoms with Crippen LogP contribution in [-0.2, 0) is 6.54 Å². The van der Waals surface area contributed by atoms with Crippen LogP contribution in [-0.4, -0.2) is 45.3 Å². The van der Waals surface area contributed by atoms with Crippen LogP contribution in [0.5, 0.6) is 23.0 Å². The van der Waals surface area contributed by atoms with Crippen LogP contribution in [0.25, 0.3) is 0 Å². The molecule has 2 aromatic carbocycles. The Hall–Kier alpha value is -2.41. The number of amides is 1. The second kappa shape index (κ2) is 7.86. The minimum Gasteiger partial charge on any atom is -0.496 e. The zero-order valence-electron chi connectivity index (χ0n) is 14.9. The topological polar surface area (TPSA) is 57.2 Å². The fourth-order valence-electron chi connectivity index (χ4n) is 2.82. The van der Waals surface area contributed by atoms with Gasteiger partial charge in [0.05, 0.1) is 14.2 Å². The molecule has 6 nitrogen and oxygen atoms in total. The van der Waals surface area contributed by atoms with Crippen LogP contribution < -0.4 is 18.9 Å². The number of benzene rings is 2. The van der Waals surface area contributed by atoms with Gasteiger partial charge >= 0.3 is 0 Å². The van der Waals surface area contributed by atoms with E-state index in [1.807, 2.05) is 18.2 Å². The van der Waals surface area contributed by atoms with E-state index in [-0.39, 0.29) is 5.91 Å². The van der Waals surface area contributed by atoms with Crippen molar-refractivity contribution in [2.24, 2.45) is 0 Å². The first-order chi connectivity index (χ1) is 12.5. The van der Waals surface area contributed by atoms with E-state index in [2.05, 4.69) is 15.9 Å². The van der Waals surface area contributed by atoms with Gasteiger partial charge in [-0.3, -0.25) is 4.79 Å². The molecule has 1 amide bonds. The number of halogens is 1. The fourth-order valence-corrected chi connectivity index (χ4v) is 3.22. The number of hydrogen-bond donors (Lipinski definition) is 0. The Morgan fingerprint density at radius 3 is 2.58 bits per heavy atom. The molecule has 0 saturated heterocycles. The predicted octanol–water partition coefficient (Wildman–Crippen LogP) is 3.51. The number of methoxy groups -OCH3 is 2. The highest BCUT2D eigenvalue weighted by molar-refractivity contribution is 9.10. The molecule has 1 heterocycles. The van der Waals surface area contributed by atoms with E-state index < -0.39 is 0 Å². The summed E-state index contributed by atoms with van der Waals surface area (Å²) in [7, 11) is 4.89. The average Bonchev–Trinajstić information content (AvgIpc) is 2.66. The van der Waals surface area contributed by atoms with Crippen molar-refractivity contribution in [3.05, 3.63) is 45.9 Å². The number of carbonyl (C=O) groups excluding carboxylic acids is 1. The molecule has 1 aliphatic rings. The molecule has 0 N–H and O–H groups in total. The zero-order valence-corrected chi connectivity index (χ0v) is 16.5. The van der Waals surface area contributed by atoms with Gasteiger partial charge in [0.1, 0.15) is 19.0 Å². The average molecular weight is 422 g/mol. The van der Waals surface area contributed by atoms with Crippen molar-refractivity contribution in [2.75, 3.05) is 34.5 Å². The van der Waals surface area contributed by atoms with E-state index in [0.717, 1.165) is 15.8 Å². The van der Waals surface area contributed by atoms with Crippen LogP contribution in [0.1, 0.15) is 15.9 Å². The lowest BCUT2D eigenvalue weighted by atomic mass is 10.1. The van der Waals surface area contributed by atoms with Gasteiger partial charge in [-0.2, -0.15) is 0 Å². The Morgan fingerprint density at radius 1 is 1.12 bits per heavy atom. The van der Waals surface area contributed by atoms with Crippen LogP contribution in [0.15, 0.2) is 34.8 Å². The van der Waals surface area contributed by atoms with E-state index in [0.29, 0.717) is 42.6 Å². The van der Waals surface area contributed by atoms with Crippen molar-refractivity contribution >= 4 is 21.8 Å². The summed E-state index contributed by atoms with van der Waals surface area (Å²) in [5.41, 5.74) is 1.38. The second-order valence-electron chi connectivity index (χ2n) is 5.82. The van der Waals surface area contributed by atoms with Crippen LogP contribution in [0.3, 0.4) is 0 Å². The lowest BCUT2D eigenvalue weighted by Gasteiger charge is -2.23. The number of hydrogen-bond acceptors (Lipinski definition) is 5. The van der Waals surface area contributed by atoms with Gasteiger partial charge in [0.25, 0.3) is 5.91 Å². The van der Waals surface area contributed by atoms with E-state index in [1.54, 1.807) is 31.2 Å². The summed E-state index contributed by atoms with van der Waals surface area (Å²) in [5.74, 6) is 2.12. The highest BCUT2D eigenvalue weighted by atomic mass is 79.9. The summed E-state index contributed by atoms with van der Waals surface area (Å²) < 4.78 is 22.8. The number of nitrogens with zero attached hydrogens (tertiary/aromatic N) is 1. The first kappa shape index (κ1) is 18.4. The van der Waals surface area contributed by atoms with Gasteiger partial charge in [0.2, 0.25) is 5.75 Å². The fraction of sp³-hybridized carbons (Fsp3) is 0.316. The Morgan fingerprint density at radius 2 is 1.85 bits per heavy atom. The smallest absolute Gasteiger partial charge is 0.254 e. The maximum Gasteiger partial charge on any atom is 0.254 e. The SMILES string of the molecule is COc1ccc(Br)cc1CN(C)C(=O)c1cc(OC)c2c(c1)OCCO2. The van der Waals surface area contributed by atoms with Gasteiger partial charge in [-0.05, 0) is 30.3 Å². The third-order valence-electron chi connectivity index (χ3n) is 4.07. The van der Waals surface area contributed by atoms with Crippen LogP contribution >= 0.6 is 15.9 Å². The molecule has 7 heteroatoms. The molecule has 0 unspecified atom stereocenters. The Labute approximate surface area is 160 Å². The highest BCUT2D eigenvalue weighted by Crippen LogP contribution is 2.40. The number of ether oxygens (including phenoxy) is 4. The molecule has 2 aromatic rings. The van der Waals surface area contributed by atoms with Gasteiger partial charge in [-0.1, -0.05) is 15.9 Å². The van der Waals surface area contributed by atoms with E-state index >= 15 is 0 Å². The summed E-state index contributed by atoms with van der Waals surface area (Å²) >= 11 is 3.45. The number of rotatable bonds is 5. The quantitative estimate of drug-likeness (QED) is 0.738. The van der Waals surface area contributed by atoms with Gasteiger partial charge in [0.15, 0.2) is 11.5 Å². The maximum atomic E-state index is 12.9. The summed E-state index contributed by atoms with van der Waals surface area (Å²) in [6, 6.07) is 9.06. The summed E-state index contributed by atoms with van der Waals surface area (Å²) in [6.07, 6.45) is 0. The molecule has 0 aliphatic carbocycles. The molecular formula is C19H20BrNO5. The third-order valence-corrected chi connectivity index (χ3v) is 4.56. The Balaban J connectivity index is 1.86. The lowest BCUT2D eigenvalue weighted by Crippen LogP contribution is -2.27. The van der Waals surface area contributed by atoms with Gasteiger partial charge < -0.3 is 23.8 Å². The molecule has 0 saturated carbocycles. The third kappa shape index (κ3) is 3.72. The van der Waals surface area contributed by atoms with Gasteiger partial charge in [-0.15, -0.1) is 0 Å². The maximum absolute atomic E-state index is 12.9. The van der Waals surface area contributed by atoms with Gasteiger partial charge in [-0.25, -0.2) is 0 Å².